The zero-order valence-corrected chi connectivity index (χ0v) is 10.5. The van der Waals surface area contributed by atoms with Crippen LogP contribution in [0.4, 0.5) is 0 Å². The second-order valence-corrected chi connectivity index (χ2v) is 6.09. The van der Waals surface area contributed by atoms with Crippen LogP contribution in [0, 0.1) is 11.3 Å². The average Bonchev–Trinajstić information content (AvgIpc) is 3.00. The standard InChI is InChI=1S/C14H27N/c1-12(2)15-11-14(9-10-14)13-7-5-3-4-6-8-13/h12-13,15H,3-11H2,1-2H3. The first-order valence-corrected chi connectivity index (χ1v) is 6.96. The molecule has 0 saturated heterocycles. The molecule has 88 valence electrons. The lowest BCUT2D eigenvalue weighted by Crippen LogP contribution is -2.33. The molecular weight excluding hydrogens is 182 g/mol. The first-order valence-electron chi connectivity index (χ1n) is 6.96. The summed E-state index contributed by atoms with van der Waals surface area (Å²) < 4.78 is 0. The summed E-state index contributed by atoms with van der Waals surface area (Å²) in [5, 5.41) is 3.67. The van der Waals surface area contributed by atoms with Gasteiger partial charge in [-0.3, -0.25) is 0 Å². The Bertz CT molecular complexity index is 186. The molecule has 0 aliphatic heterocycles. The van der Waals surface area contributed by atoms with Crippen molar-refractivity contribution >= 4 is 0 Å². The molecule has 15 heavy (non-hydrogen) atoms. The minimum absolute atomic E-state index is 0.660. The third kappa shape index (κ3) is 2.96. The quantitative estimate of drug-likeness (QED) is 0.696. The van der Waals surface area contributed by atoms with Crippen LogP contribution in [0.25, 0.3) is 0 Å². The first kappa shape index (κ1) is 11.4. The highest BCUT2D eigenvalue weighted by Gasteiger charge is 2.48. The summed E-state index contributed by atoms with van der Waals surface area (Å²) >= 11 is 0. The molecule has 2 saturated carbocycles. The largest absolute Gasteiger partial charge is 0.314 e. The average molecular weight is 209 g/mol. The number of nitrogens with one attached hydrogen (secondary N) is 1. The second-order valence-electron chi connectivity index (χ2n) is 6.09. The zero-order chi connectivity index (χ0) is 10.7. The van der Waals surface area contributed by atoms with E-state index in [4.69, 9.17) is 0 Å². The van der Waals surface area contributed by atoms with Gasteiger partial charge in [-0.15, -0.1) is 0 Å². The van der Waals surface area contributed by atoms with Crippen LogP contribution in [0.2, 0.25) is 0 Å². The lowest BCUT2D eigenvalue weighted by molar-refractivity contribution is 0.257. The highest BCUT2D eigenvalue weighted by molar-refractivity contribution is 5.00. The molecule has 2 aliphatic rings. The summed E-state index contributed by atoms with van der Waals surface area (Å²) in [5.74, 6) is 1.05. The number of rotatable bonds is 4. The van der Waals surface area contributed by atoms with Gasteiger partial charge in [0, 0.05) is 12.6 Å². The van der Waals surface area contributed by atoms with Crippen molar-refractivity contribution in [1.29, 1.82) is 0 Å². The van der Waals surface area contributed by atoms with Gasteiger partial charge in [0.05, 0.1) is 0 Å². The minimum Gasteiger partial charge on any atom is -0.314 e. The van der Waals surface area contributed by atoms with E-state index in [1.165, 1.54) is 57.9 Å². The van der Waals surface area contributed by atoms with E-state index in [-0.39, 0.29) is 0 Å². The summed E-state index contributed by atoms with van der Waals surface area (Å²) in [5.41, 5.74) is 0.731. The fourth-order valence-electron chi connectivity index (χ4n) is 3.19. The summed E-state index contributed by atoms with van der Waals surface area (Å²) in [6.45, 7) is 5.82. The molecule has 0 atom stereocenters. The summed E-state index contributed by atoms with van der Waals surface area (Å²) in [6.07, 6.45) is 12.0. The fourth-order valence-corrected chi connectivity index (χ4v) is 3.19. The number of hydrogen-bond acceptors (Lipinski definition) is 1. The minimum atomic E-state index is 0.660. The molecule has 0 unspecified atom stereocenters. The molecule has 2 aliphatic carbocycles. The Balaban J connectivity index is 1.84. The Morgan fingerprint density at radius 1 is 1.07 bits per heavy atom. The predicted molar refractivity (Wildman–Crippen MR) is 66.0 cm³/mol. The van der Waals surface area contributed by atoms with Crippen LogP contribution in [0.3, 0.4) is 0 Å². The zero-order valence-electron chi connectivity index (χ0n) is 10.5. The van der Waals surface area contributed by atoms with E-state index in [9.17, 15) is 0 Å². The third-order valence-corrected chi connectivity index (χ3v) is 4.48. The van der Waals surface area contributed by atoms with Gasteiger partial charge in [-0.2, -0.15) is 0 Å². The van der Waals surface area contributed by atoms with Gasteiger partial charge in [0.1, 0.15) is 0 Å². The van der Waals surface area contributed by atoms with Crippen LogP contribution in [0.5, 0.6) is 0 Å². The Labute approximate surface area is 95.0 Å². The van der Waals surface area contributed by atoms with Crippen LogP contribution in [0.15, 0.2) is 0 Å². The molecule has 0 aromatic heterocycles. The monoisotopic (exact) mass is 209 g/mol. The van der Waals surface area contributed by atoms with Crippen molar-refractivity contribution in [3.63, 3.8) is 0 Å². The van der Waals surface area contributed by atoms with Crippen molar-refractivity contribution in [2.24, 2.45) is 11.3 Å². The van der Waals surface area contributed by atoms with Crippen molar-refractivity contribution in [2.75, 3.05) is 6.54 Å². The van der Waals surface area contributed by atoms with Gasteiger partial charge in [0.15, 0.2) is 0 Å². The fraction of sp³-hybridized carbons (Fsp3) is 1.00. The van der Waals surface area contributed by atoms with E-state index in [1.807, 2.05) is 0 Å². The molecule has 0 spiro atoms. The van der Waals surface area contributed by atoms with Crippen molar-refractivity contribution in [3.05, 3.63) is 0 Å². The van der Waals surface area contributed by atoms with Gasteiger partial charge in [0.2, 0.25) is 0 Å². The van der Waals surface area contributed by atoms with E-state index in [1.54, 1.807) is 0 Å². The maximum absolute atomic E-state index is 3.67. The van der Waals surface area contributed by atoms with E-state index in [2.05, 4.69) is 19.2 Å². The SMILES string of the molecule is CC(C)NCC1(C2CCCCCC2)CC1. The Kier molecular flexibility index (Phi) is 3.71. The van der Waals surface area contributed by atoms with Gasteiger partial charge < -0.3 is 5.32 Å². The summed E-state index contributed by atoms with van der Waals surface area (Å²) in [4.78, 5) is 0. The van der Waals surface area contributed by atoms with Gasteiger partial charge in [-0.05, 0) is 37.0 Å². The molecule has 0 bridgehead atoms. The van der Waals surface area contributed by atoms with Crippen molar-refractivity contribution in [3.8, 4) is 0 Å². The van der Waals surface area contributed by atoms with Crippen LogP contribution < -0.4 is 5.32 Å². The van der Waals surface area contributed by atoms with Gasteiger partial charge in [-0.25, -0.2) is 0 Å². The van der Waals surface area contributed by atoms with E-state index in [0.29, 0.717) is 6.04 Å². The van der Waals surface area contributed by atoms with Crippen LogP contribution in [-0.4, -0.2) is 12.6 Å². The lowest BCUT2D eigenvalue weighted by Gasteiger charge is -2.27. The summed E-state index contributed by atoms with van der Waals surface area (Å²) in [6, 6.07) is 0.660. The Morgan fingerprint density at radius 3 is 2.13 bits per heavy atom. The Hall–Kier alpha value is -0.0400. The smallest absolute Gasteiger partial charge is 0.00128 e. The molecular formula is C14H27N. The molecule has 0 amide bonds. The van der Waals surface area contributed by atoms with Gasteiger partial charge >= 0.3 is 0 Å². The van der Waals surface area contributed by atoms with Crippen molar-refractivity contribution < 1.29 is 0 Å². The van der Waals surface area contributed by atoms with Gasteiger partial charge in [-0.1, -0.05) is 39.5 Å². The first-order chi connectivity index (χ1) is 7.23. The van der Waals surface area contributed by atoms with E-state index in [0.717, 1.165) is 11.3 Å². The van der Waals surface area contributed by atoms with Gasteiger partial charge in [0.25, 0.3) is 0 Å². The van der Waals surface area contributed by atoms with Crippen LogP contribution >= 0.6 is 0 Å². The maximum atomic E-state index is 3.67. The normalized spacial score (nSPS) is 26.6. The van der Waals surface area contributed by atoms with E-state index < -0.39 is 0 Å². The molecule has 0 aromatic rings. The molecule has 2 fully saturated rings. The molecule has 1 nitrogen and oxygen atoms in total. The molecule has 1 heteroatoms. The number of hydrogen-bond donors (Lipinski definition) is 1. The third-order valence-electron chi connectivity index (χ3n) is 4.48. The van der Waals surface area contributed by atoms with Crippen LogP contribution in [-0.2, 0) is 0 Å². The van der Waals surface area contributed by atoms with Crippen molar-refractivity contribution in [1.82, 2.24) is 5.32 Å². The molecule has 0 aromatic carbocycles. The topological polar surface area (TPSA) is 12.0 Å². The lowest BCUT2D eigenvalue weighted by atomic mass is 9.83. The Morgan fingerprint density at radius 2 is 1.67 bits per heavy atom. The molecule has 0 radical (unpaired) electrons. The highest BCUT2D eigenvalue weighted by atomic mass is 14.9. The summed E-state index contributed by atoms with van der Waals surface area (Å²) in [7, 11) is 0. The maximum Gasteiger partial charge on any atom is 0.00128 e. The molecule has 1 N–H and O–H groups in total. The van der Waals surface area contributed by atoms with E-state index >= 15 is 0 Å². The highest BCUT2D eigenvalue weighted by Crippen LogP contribution is 2.55. The molecule has 0 heterocycles. The van der Waals surface area contributed by atoms with Crippen LogP contribution in [0.1, 0.15) is 65.2 Å². The predicted octanol–water partition coefficient (Wildman–Crippen LogP) is 3.74. The molecule has 2 rings (SSSR count). The van der Waals surface area contributed by atoms with Crippen molar-refractivity contribution in [2.45, 2.75) is 71.3 Å². The second kappa shape index (κ2) is 4.86.